The Morgan fingerprint density at radius 2 is 2.00 bits per heavy atom. The third-order valence-corrected chi connectivity index (χ3v) is 4.40. The van der Waals surface area contributed by atoms with Crippen LogP contribution in [-0.4, -0.2) is 31.4 Å². The van der Waals surface area contributed by atoms with Gasteiger partial charge in [0, 0.05) is 18.7 Å². The Labute approximate surface area is 150 Å². The van der Waals surface area contributed by atoms with Gasteiger partial charge in [0.25, 0.3) is 5.91 Å². The number of carbonyl (C=O) groups is 3. The molecule has 1 aromatic heterocycles. The molecule has 2 amide bonds. The van der Waals surface area contributed by atoms with Crippen molar-refractivity contribution in [1.29, 1.82) is 0 Å². The highest BCUT2D eigenvalue weighted by atomic mass is 32.1. The fraction of sp³-hybridized carbons (Fsp3) is 0.278. The number of amides is 2. The van der Waals surface area contributed by atoms with Gasteiger partial charge >= 0.3 is 5.97 Å². The first kappa shape index (κ1) is 18.7. The Kier molecular flexibility index (Phi) is 6.71. The van der Waals surface area contributed by atoms with Crippen LogP contribution < -0.4 is 10.6 Å². The third kappa shape index (κ3) is 5.42. The number of nitrogens with one attached hydrogen (secondary N) is 2. The van der Waals surface area contributed by atoms with Gasteiger partial charge in [-0.25, -0.2) is 4.79 Å². The molecule has 1 aromatic carbocycles. The van der Waals surface area contributed by atoms with E-state index in [9.17, 15) is 14.4 Å². The van der Waals surface area contributed by atoms with Crippen molar-refractivity contribution in [3.8, 4) is 0 Å². The van der Waals surface area contributed by atoms with Crippen LogP contribution in [0.5, 0.6) is 0 Å². The largest absolute Gasteiger partial charge is 0.465 e. The Hall–Kier alpha value is -2.67. The second kappa shape index (κ2) is 8.98. The first-order chi connectivity index (χ1) is 12.0. The Morgan fingerprint density at radius 3 is 2.64 bits per heavy atom. The van der Waals surface area contributed by atoms with E-state index in [-0.39, 0.29) is 11.8 Å². The Bertz CT molecular complexity index is 756. The molecule has 0 aliphatic rings. The molecule has 0 spiro atoms. The zero-order valence-electron chi connectivity index (χ0n) is 14.1. The number of carbonyl (C=O) groups excluding carboxylic acids is 3. The number of anilines is 1. The van der Waals surface area contributed by atoms with Crippen LogP contribution in [0.4, 0.5) is 5.69 Å². The van der Waals surface area contributed by atoms with Crippen molar-refractivity contribution in [1.82, 2.24) is 5.32 Å². The molecule has 0 unspecified atom stereocenters. The number of esters is 1. The average molecular weight is 360 g/mol. The SMILES string of the molecule is COC(=O)c1ccc(NC(=O)CCCNC(=O)c2cccs2)c(C)c1. The van der Waals surface area contributed by atoms with Gasteiger partial charge in [0.15, 0.2) is 0 Å². The molecule has 0 radical (unpaired) electrons. The molecule has 2 aromatic rings. The molecule has 6 nitrogen and oxygen atoms in total. The Morgan fingerprint density at radius 1 is 1.20 bits per heavy atom. The van der Waals surface area contributed by atoms with Crippen LogP contribution in [0.25, 0.3) is 0 Å². The molecule has 1 heterocycles. The molecule has 0 atom stereocenters. The smallest absolute Gasteiger partial charge is 0.337 e. The highest BCUT2D eigenvalue weighted by Gasteiger charge is 2.10. The monoisotopic (exact) mass is 360 g/mol. The zero-order valence-corrected chi connectivity index (χ0v) is 14.9. The number of rotatable bonds is 7. The number of hydrogen-bond acceptors (Lipinski definition) is 5. The molecule has 0 saturated heterocycles. The lowest BCUT2D eigenvalue weighted by molar-refractivity contribution is -0.116. The summed E-state index contributed by atoms with van der Waals surface area (Å²) in [5.41, 5.74) is 1.87. The average Bonchev–Trinajstić information content (AvgIpc) is 3.14. The van der Waals surface area contributed by atoms with Crippen molar-refractivity contribution < 1.29 is 19.1 Å². The van der Waals surface area contributed by atoms with E-state index >= 15 is 0 Å². The summed E-state index contributed by atoms with van der Waals surface area (Å²) in [5, 5.41) is 7.43. The molecule has 0 saturated carbocycles. The van der Waals surface area contributed by atoms with Crippen LogP contribution in [0.2, 0.25) is 0 Å². The van der Waals surface area contributed by atoms with E-state index in [2.05, 4.69) is 15.4 Å². The van der Waals surface area contributed by atoms with Gasteiger partial charge in [-0.1, -0.05) is 6.07 Å². The third-order valence-electron chi connectivity index (χ3n) is 3.53. The van der Waals surface area contributed by atoms with Gasteiger partial charge in [-0.3, -0.25) is 9.59 Å². The molecule has 7 heteroatoms. The molecule has 25 heavy (non-hydrogen) atoms. The predicted octanol–water partition coefficient (Wildman–Crippen LogP) is 2.99. The maximum atomic E-state index is 12.0. The van der Waals surface area contributed by atoms with Gasteiger partial charge in [-0.2, -0.15) is 0 Å². The van der Waals surface area contributed by atoms with Gasteiger partial charge in [-0.15, -0.1) is 11.3 Å². The number of methoxy groups -OCH3 is 1. The van der Waals surface area contributed by atoms with E-state index in [0.717, 1.165) is 5.56 Å². The fourth-order valence-electron chi connectivity index (χ4n) is 2.21. The standard InChI is InChI=1S/C18H20N2O4S/c1-12-11-13(18(23)24-2)7-8-14(12)20-16(21)6-3-9-19-17(22)15-5-4-10-25-15/h4-5,7-8,10-11H,3,6,9H2,1-2H3,(H,19,22)(H,20,21). The van der Waals surface area contributed by atoms with Crippen molar-refractivity contribution in [2.45, 2.75) is 19.8 Å². The van der Waals surface area contributed by atoms with Crippen molar-refractivity contribution in [2.24, 2.45) is 0 Å². The van der Waals surface area contributed by atoms with Gasteiger partial charge in [0.1, 0.15) is 0 Å². The molecular weight excluding hydrogens is 340 g/mol. The summed E-state index contributed by atoms with van der Waals surface area (Å²) in [6, 6.07) is 8.53. The molecule has 0 bridgehead atoms. The lowest BCUT2D eigenvalue weighted by atomic mass is 10.1. The maximum absolute atomic E-state index is 12.0. The first-order valence-corrected chi connectivity index (χ1v) is 8.69. The van der Waals surface area contributed by atoms with E-state index in [0.29, 0.717) is 35.5 Å². The van der Waals surface area contributed by atoms with Gasteiger partial charge in [-0.05, 0) is 48.6 Å². The molecule has 0 fully saturated rings. The van der Waals surface area contributed by atoms with Crippen molar-refractivity contribution in [2.75, 3.05) is 19.0 Å². The van der Waals surface area contributed by atoms with E-state index in [4.69, 9.17) is 0 Å². The van der Waals surface area contributed by atoms with Crippen LogP contribution in [0.3, 0.4) is 0 Å². The normalized spacial score (nSPS) is 10.2. The molecule has 0 aliphatic carbocycles. The summed E-state index contributed by atoms with van der Waals surface area (Å²) >= 11 is 1.38. The van der Waals surface area contributed by atoms with Crippen LogP contribution in [0.15, 0.2) is 35.7 Å². The van der Waals surface area contributed by atoms with E-state index in [1.54, 1.807) is 24.3 Å². The number of hydrogen-bond donors (Lipinski definition) is 2. The summed E-state index contributed by atoms with van der Waals surface area (Å²) in [6.45, 7) is 2.24. The van der Waals surface area contributed by atoms with Gasteiger partial charge < -0.3 is 15.4 Å². The summed E-state index contributed by atoms with van der Waals surface area (Å²) in [4.78, 5) is 35.9. The lowest BCUT2D eigenvalue weighted by Gasteiger charge is -2.10. The summed E-state index contributed by atoms with van der Waals surface area (Å²) in [7, 11) is 1.32. The molecular formula is C18H20N2O4S. The van der Waals surface area contributed by atoms with Gasteiger partial charge in [0.2, 0.25) is 5.91 Å². The first-order valence-electron chi connectivity index (χ1n) is 7.82. The zero-order chi connectivity index (χ0) is 18.2. The molecule has 132 valence electrons. The van der Waals surface area contributed by atoms with Crippen LogP contribution in [-0.2, 0) is 9.53 Å². The second-order valence-corrected chi connectivity index (χ2v) is 6.35. The van der Waals surface area contributed by atoms with Gasteiger partial charge in [0.05, 0.1) is 17.6 Å². The quantitative estimate of drug-likeness (QED) is 0.587. The summed E-state index contributed by atoms with van der Waals surface area (Å²) in [5.74, 6) is -0.675. The Balaban J connectivity index is 1.76. The summed E-state index contributed by atoms with van der Waals surface area (Å²) < 4.78 is 4.66. The van der Waals surface area contributed by atoms with E-state index in [1.807, 2.05) is 18.4 Å². The summed E-state index contributed by atoms with van der Waals surface area (Å²) in [6.07, 6.45) is 0.838. The minimum absolute atomic E-state index is 0.121. The van der Waals surface area contributed by atoms with Crippen molar-refractivity contribution >= 4 is 34.8 Å². The number of thiophene rings is 1. The molecule has 0 aliphatic heterocycles. The number of aryl methyl sites for hydroxylation is 1. The lowest BCUT2D eigenvalue weighted by Crippen LogP contribution is -2.24. The minimum atomic E-state index is -0.414. The number of ether oxygens (including phenoxy) is 1. The molecule has 2 N–H and O–H groups in total. The topological polar surface area (TPSA) is 84.5 Å². The molecule has 2 rings (SSSR count). The minimum Gasteiger partial charge on any atom is -0.465 e. The van der Waals surface area contributed by atoms with E-state index < -0.39 is 5.97 Å². The van der Waals surface area contributed by atoms with Crippen LogP contribution in [0.1, 0.15) is 38.4 Å². The fourth-order valence-corrected chi connectivity index (χ4v) is 2.85. The number of benzene rings is 1. The second-order valence-electron chi connectivity index (χ2n) is 5.41. The van der Waals surface area contributed by atoms with Crippen LogP contribution >= 0.6 is 11.3 Å². The van der Waals surface area contributed by atoms with Crippen molar-refractivity contribution in [3.63, 3.8) is 0 Å². The predicted molar refractivity (Wildman–Crippen MR) is 97.0 cm³/mol. The van der Waals surface area contributed by atoms with Crippen LogP contribution in [0, 0.1) is 6.92 Å². The van der Waals surface area contributed by atoms with Crippen molar-refractivity contribution in [3.05, 3.63) is 51.7 Å². The highest BCUT2D eigenvalue weighted by Crippen LogP contribution is 2.17. The van der Waals surface area contributed by atoms with E-state index in [1.165, 1.54) is 18.4 Å². The maximum Gasteiger partial charge on any atom is 0.337 e. The highest BCUT2D eigenvalue weighted by molar-refractivity contribution is 7.12.